The normalized spacial score (nSPS) is 39.7. The number of ether oxygens (including phenoxy) is 4. The van der Waals surface area contributed by atoms with E-state index in [1.165, 1.54) is 24.6 Å². The molecule has 8 rings (SSSR count). The molecule has 2 bridgehead atoms. The molecular formula is C39H52N2O13S2. The second kappa shape index (κ2) is 15.0. The number of aliphatic hydroxyl groups is 4. The number of Topliss-reactive ketones (excluding diaryl/α,β-unsaturated/α-hetero) is 1. The lowest BCUT2D eigenvalue weighted by atomic mass is 9.47. The van der Waals surface area contributed by atoms with Crippen LogP contribution in [0.4, 0.5) is 0 Å². The Hall–Kier alpha value is -2.42. The van der Waals surface area contributed by atoms with E-state index in [4.69, 9.17) is 18.9 Å². The summed E-state index contributed by atoms with van der Waals surface area (Å²) >= 11 is 0. The highest BCUT2D eigenvalue weighted by atomic mass is 33.1. The van der Waals surface area contributed by atoms with E-state index >= 15 is 0 Å². The maximum atomic E-state index is 12.6. The first-order valence-corrected chi connectivity index (χ1v) is 21.9. The van der Waals surface area contributed by atoms with Gasteiger partial charge in [-0.05, 0) is 88.2 Å². The number of fused-ring (bicyclic) bond motifs is 1. The van der Waals surface area contributed by atoms with Gasteiger partial charge in [-0.1, -0.05) is 28.0 Å². The van der Waals surface area contributed by atoms with Crippen molar-refractivity contribution >= 4 is 44.1 Å². The van der Waals surface area contributed by atoms with Gasteiger partial charge in [-0.25, -0.2) is 4.79 Å². The molecule has 15 nitrogen and oxygen atoms in total. The van der Waals surface area contributed by atoms with Crippen LogP contribution in [0.3, 0.4) is 0 Å². The summed E-state index contributed by atoms with van der Waals surface area (Å²) < 4.78 is 25.4. The molecule has 2 aromatic rings. The monoisotopic (exact) mass is 820 g/mol. The minimum Gasteiger partial charge on any atom is -0.507 e. The van der Waals surface area contributed by atoms with Crippen molar-refractivity contribution < 1.29 is 64.3 Å². The molecule has 308 valence electrons. The van der Waals surface area contributed by atoms with Crippen LogP contribution in [0.25, 0.3) is 10.8 Å². The first kappa shape index (κ1) is 40.4. The summed E-state index contributed by atoms with van der Waals surface area (Å²) in [4.78, 5) is 24.8. The number of rotatable bonds is 7. The van der Waals surface area contributed by atoms with Crippen LogP contribution in [0.5, 0.6) is 17.2 Å². The van der Waals surface area contributed by atoms with Crippen molar-refractivity contribution in [1.29, 1.82) is 0 Å². The fourth-order valence-electron chi connectivity index (χ4n) is 11.8. The average Bonchev–Trinajstić information content (AvgIpc) is 3.55. The van der Waals surface area contributed by atoms with E-state index in [0.717, 1.165) is 44.2 Å². The first-order chi connectivity index (χ1) is 26.8. The van der Waals surface area contributed by atoms with Gasteiger partial charge < -0.3 is 54.7 Å². The zero-order valence-corrected chi connectivity index (χ0v) is 33.1. The van der Waals surface area contributed by atoms with Crippen LogP contribution < -0.4 is 15.6 Å². The third-order valence-corrected chi connectivity index (χ3v) is 16.3. The summed E-state index contributed by atoms with van der Waals surface area (Å²) in [5.41, 5.74) is 4.58. The van der Waals surface area contributed by atoms with Gasteiger partial charge in [0.25, 0.3) is 0 Å². The maximum absolute atomic E-state index is 12.6. The average molecular weight is 821 g/mol. The number of carboxylic acids is 1. The van der Waals surface area contributed by atoms with Gasteiger partial charge in [0, 0.05) is 46.9 Å². The van der Waals surface area contributed by atoms with E-state index in [1.54, 1.807) is 10.8 Å². The SMILES string of the molecule is CC(=O)c1c(C)c(O)c2cc(C(=O)O)cc(O[C@H]3O[C@H](CO)[C@@]4(CC[C@]56C[C@]7(CCC[C@@H]7NN5)C[C@@H]5COC[C@](CCO)(CSSCO4)[C@H]56)[C@H](O)[C@H]3O)c2c1O. The van der Waals surface area contributed by atoms with E-state index in [1.807, 2.05) is 0 Å². The van der Waals surface area contributed by atoms with Crippen LogP contribution in [0, 0.1) is 29.6 Å². The molecule has 17 heteroatoms. The topological polar surface area (TPSA) is 237 Å². The van der Waals surface area contributed by atoms with Gasteiger partial charge in [0.2, 0.25) is 6.29 Å². The molecule has 4 heterocycles. The van der Waals surface area contributed by atoms with Crippen molar-refractivity contribution in [2.24, 2.45) is 22.7 Å². The number of hydrogen-bond donors (Lipinski definition) is 9. The van der Waals surface area contributed by atoms with E-state index in [2.05, 4.69) is 10.9 Å². The third kappa shape index (κ3) is 6.23. The molecule has 0 amide bonds. The number of hydrazine groups is 1. The van der Waals surface area contributed by atoms with Gasteiger partial charge in [-0.3, -0.25) is 15.6 Å². The highest BCUT2D eigenvalue weighted by Crippen LogP contribution is 2.65. The number of phenolic OH excluding ortho intramolecular Hbond substituents is 2. The summed E-state index contributed by atoms with van der Waals surface area (Å²) in [6.07, 6.45) is -0.113. The lowest BCUT2D eigenvalue weighted by molar-refractivity contribution is -0.323. The molecule has 4 saturated heterocycles. The molecule has 6 fully saturated rings. The molecule has 0 unspecified atom stereocenters. The predicted molar refractivity (Wildman–Crippen MR) is 206 cm³/mol. The van der Waals surface area contributed by atoms with Gasteiger partial charge in [0.1, 0.15) is 47.1 Å². The van der Waals surface area contributed by atoms with Crippen molar-refractivity contribution in [3.8, 4) is 17.2 Å². The summed E-state index contributed by atoms with van der Waals surface area (Å²) in [5, 5.41) is 77.6. The highest BCUT2D eigenvalue weighted by molar-refractivity contribution is 8.76. The summed E-state index contributed by atoms with van der Waals surface area (Å²) in [7, 11) is 3.04. The number of aliphatic hydroxyl groups excluding tert-OH is 4. The first-order valence-electron chi connectivity index (χ1n) is 19.4. The van der Waals surface area contributed by atoms with E-state index in [-0.39, 0.29) is 74.8 Å². The zero-order chi connectivity index (χ0) is 39.8. The Balaban J connectivity index is 1.17. The van der Waals surface area contributed by atoms with E-state index in [9.17, 15) is 45.3 Å². The van der Waals surface area contributed by atoms with Crippen LogP contribution in [0.1, 0.15) is 84.6 Å². The molecule has 56 heavy (non-hydrogen) atoms. The molecule has 9 N–H and O–H groups in total. The minimum atomic E-state index is -1.81. The zero-order valence-electron chi connectivity index (χ0n) is 31.5. The lowest BCUT2D eigenvalue weighted by Gasteiger charge is -2.67. The maximum Gasteiger partial charge on any atom is 0.335 e. The number of aromatic carboxylic acids is 1. The van der Waals surface area contributed by atoms with Crippen LogP contribution in [-0.2, 0) is 14.2 Å². The standard InChI is InChI=1S/C39H52N2O13S2/c1-19-27(20(2)44)30(46)28-23(29(19)45)10-21(34(49)50)11-24(28)53-35-31(47)33(48)39(26(13-43)54-35)7-6-38-15-36(5-3-4-25(36)40-41-38)12-22-14-51-16-37(8-9-42,32(22)38)17-55-56-18-52-39/h10-11,22,25-26,31-33,35,40-43,45-48H,3-9,12-18H2,1-2H3,(H,49,50)/t22-,25+,26-,31-,32+,33-,35+,36+,37-,38-,39+/m1/s1. The number of nitrogens with one attached hydrogen (secondary N) is 2. The molecule has 6 aliphatic rings. The van der Waals surface area contributed by atoms with Gasteiger partial charge in [0.15, 0.2) is 5.78 Å². The van der Waals surface area contributed by atoms with Crippen molar-refractivity contribution in [3.63, 3.8) is 0 Å². The molecule has 2 aromatic carbocycles. The number of phenols is 2. The fraction of sp³-hybridized carbons (Fsp3) is 0.692. The van der Waals surface area contributed by atoms with Crippen LogP contribution >= 0.6 is 21.6 Å². The summed E-state index contributed by atoms with van der Waals surface area (Å²) in [5.74, 6) is -2.19. The van der Waals surface area contributed by atoms with Gasteiger partial charge >= 0.3 is 5.97 Å². The molecule has 2 aliphatic carbocycles. The van der Waals surface area contributed by atoms with E-state index < -0.39 is 65.6 Å². The molecule has 2 saturated carbocycles. The Morgan fingerprint density at radius 1 is 1.09 bits per heavy atom. The molecule has 0 radical (unpaired) electrons. The van der Waals surface area contributed by atoms with Crippen molar-refractivity contribution in [2.45, 2.75) is 107 Å². The number of hydrogen-bond acceptors (Lipinski definition) is 16. The number of aromatic hydroxyl groups is 2. The minimum absolute atomic E-state index is 0.0139. The Kier molecular flexibility index (Phi) is 10.8. The van der Waals surface area contributed by atoms with Gasteiger partial charge in [0.05, 0.1) is 29.7 Å². The Morgan fingerprint density at radius 3 is 2.62 bits per heavy atom. The van der Waals surface area contributed by atoms with Crippen molar-refractivity contribution in [3.05, 3.63) is 28.8 Å². The number of carboxylic acid groups (broad SMARTS) is 1. The van der Waals surface area contributed by atoms with Crippen molar-refractivity contribution in [2.75, 3.05) is 38.1 Å². The van der Waals surface area contributed by atoms with Gasteiger partial charge in [-0.2, -0.15) is 0 Å². The van der Waals surface area contributed by atoms with Crippen LogP contribution in [0.15, 0.2) is 12.1 Å². The Bertz CT molecular complexity index is 1880. The van der Waals surface area contributed by atoms with Crippen LogP contribution in [0.2, 0.25) is 0 Å². The Labute approximate surface area is 332 Å². The number of carbonyl (C=O) groups is 2. The Morgan fingerprint density at radius 2 is 1.89 bits per heavy atom. The second-order valence-electron chi connectivity index (χ2n) is 17.0. The third-order valence-electron chi connectivity index (χ3n) is 14.1. The predicted octanol–water partition coefficient (Wildman–Crippen LogP) is 2.98. The summed E-state index contributed by atoms with van der Waals surface area (Å²) in [6, 6.07) is 2.51. The largest absolute Gasteiger partial charge is 0.507 e. The number of ketones is 1. The quantitative estimate of drug-likeness (QED) is 0.111. The molecule has 0 aromatic heterocycles. The number of benzene rings is 2. The van der Waals surface area contributed by atoms with Crippen molar-refractivity contribution in [1.82, 2.24) is 10.9 Å². The fourth-order valence-corrected chi connectivity index (χ4v) is 14.2. The highest BCUT2D eigenvalue weighted by Gasteiger charge is 2.67. The summed E-state index contributed by atoms with van der Waals surface area (Å²) in [6.45, 7) is 3.13. The molecule has 4 aliphatic heterocycles. The van der Waals surface area contributed by atoms with Crippen LogP contribution in [-0.4, -0.2) is 127 Å². The lowest BCUT2D eigenvalue weighted by Crippen LogP contribution is -2.77. The van der Waals surface area contributed by atoms with E-state index in [0.29, 0.717) is 37.9 Å². The second-order valence-corrected chi connectivity index (χ2v) is 19.4. The van der Waals surface area contributed by atoms with Gasteiger partial charge in [-0.15, -0.1) is 0 Å². The molecular weight excluding hydrogens is 769 g/mol. The smallest absolute Gasteiger partial charge is 0.335 e. The number of carbonyl (C=O) groups excluding carboxylic acids is 1. The molecule has 11 atom stereocenters. The molecule has 3 spiro atoms.